The van der Waals surface area contributed by atoms with Gasteiger partial charge in [-0.15, -0.1) is 0 Å². The van der Waals surface area contributed by atoms with E-state index in [1.54, 1.807) is 36.4 Å². The average Bonchev–Trinajstić information content (AvgIpc) is 2.82. The van der Waals surface area contributed by atoms with Crippen LogP contribution < -0.4 is 9.64 Å². The quantitative estimate of drug-likeness (QED) is 0.777. The van der Waals surface area contributed by atoms with Crippen LogP contribution in [0.4, 0.5) is 5.69 Å². The van der Waals surface area contributed by atoms with Gasteiger partial charge in [0.25, 0.3) is 5.91 Å². The number of ketones is 1. The number of carbonyl (C=O) groups is 2. The highest BCUT2D eigenvalue weighted by Crippen LogP contribution is 2.44. The normalized spacial score (nSPS) is 19.0. The maximum atomic E-state index is 12.8. The standard InChI is InChI=1S/C19H18BrNO4/c1-3-21-15-9-8-12(20)10-14(15)19(24,18(21)23)11-16(22)13-6-4-5-7-17(13)25-2/h4-10,24H,3,11H2,1-2H3. The summed E-state index contributed by atoms with van der Waals surface area (Å²) in [5.41, 5.74) is -0.465. The summed E-state index contributed by atoms with van der Waals surface area (Å²) in [6, 6.07) is 12.1. The molecule has 0 saturated heterocycles. The molecule has 0 spiro atoms. The zero-order valence-electron chi connectivity index (χ0n) is 14.0. The Bertz CT molecular complexity index is 851. The number of nitrogens with zero attached hydrogens (tertiary/aromatic N) is 1. The molecule has 3 rings (SSSR count). The van der Waals surface area contributed by atoms with Gasteiger partial charge >= 0.3 is 0 Å². The van der Waals surface area contributed by atoms with Gasteiger partial charge in [0.05, 0.1) is 24.8 Å². The first-order valence-corrected chi connectivity index (χ1v) is 8.72. The molecule has 130 valence electrons. The number of ether oxygens (including phenoxy) is 1. The number of fused-ring (bicyclic) bond motifs is 1. The first-order valence-electron chi connectivity index (χ1n) is 7.93. The van der Waals surface area contributed by atoms with Crippen molar-refractivity contribution in [2.75, 3.05) is 18.6 Å². The van der Waals surface area contributed by atoms with Crippen LogP contribution in [0.3, 0.4) is 0 Å². The van der Waals surface area contributed by atoms with E-state index >= 15 is 0 Å². The topological polar surface area (TPSA) is 66.8 Å². The van der Waals surface area contributed by atoms with Crippen LogP contribution in [0.25, 0.3) is 0 Å². The second kappa shape index (κ2) is 6.61. The Balaban J connectivity index is 2.03. The summed E-state index contributed by atoms with van der Waals surface area (Å²) >= 11 is 3.37. The van der Waals surface area contributed by atoms with Gasteiger partial charge in [0.15, 0.2) is 11.4 Å². The van der Waals surface area contributed by atoms with Gasteiger partial charge in [-0.2, -0.15) is 0 Å². The van der Waals surface area contributed by atoms with Crippen LogP contribution in [0.5, 0.6) is 5.75 Å². The molecule has 1 aliphatic rings. The molecule has 1 aliphatic heterocycles. The maximum absolute atomic E-state index is 12.8. The van der Waals surface area contributed by atoms with E-state index in [0.29, 0.717) is 29.1 Å². The highest BCUT2D eigenvalue weighted by molar-refractivity contribution is 9.10. The van der Waals surface area contributed by atoms with Crippen molar-refractivity contribution in [1.29, 1.82) is 0 Å². The maximum Gasteiger partial charge on any atom is 0.264 e. The summed E-state index contributed by atoms with van der Waals surface area (Å²) in [7, 11) is 1.48. The number of carbonyl (C=O) groups excluding carboxylic acids is 2. The van der Waals surface area contributed by atoms with Crippen LogP contribution in [0.2, 0.25) is 0 Å². The Hall–Kier alpha value is -2.18. The van der Waals surface area contributed by atoms with Gasteiger partial charge in [-0.1, -0.05) is 28.1 Å². The third kappa shape index (κ3) is 2.85. The summed E-state index contributed by atoms with van der Waals surface area (Å²) in [6.45, 7) is 2.25. The first-order chi connectivity index (χ1) is 11.9. The monoisotopic (exact) mass is 403 g/mol. The summed E-state index contributed by atoms with van der Waals surface area (Å²) in [6.07, 6.45) is -0.341. The van der Waals surface area contributed by atoms with Crippen molar-refractivity contribution < 1.29 is 19.4 Å². The van der Waals surface area contributed by atoms with E-state index in [2.05, 4.69) is 15.9 Å². The predicted molar refractivity (Wildman–Crippen MR) is 98.0 cm³/mol. The molecule has 25 heavy (non-hydrogen) atoms. The molecule has 1 amide bonds. The molecule has 6 heteroatoms. The minimum absolute atomic E-state index is 0.341. The van der Waals surface area contributed by atoms with E-state index in [1.807, 2.05) is 13.0 Å². The van der Waals surface area contributed by atoms with E-state index in [1.165, 1.54) is 12.0 Å². The van der Waals surface area contributed by atoms with Crippen molar-refractivity contribution in [1.82, 2.24) is 0 Å². The molecule has 0 saturated carbocycles. The number of likely N-dealkylation sites (N-methyl/N-ethyl adjacent to an activating group) is 1. The minimum Gasteiger partial charge on any atom is -0.496 e. The molecule has 1 heterocycles. The number of Topliss-reactive ketones (excluding diaryl/α,β-unsaturated/α-hetero) is 1. The molecule has 0 fully saturated rings. The van der Waals surface area contributed by atoms with E-state index in [0.717, 1.165) is 4.47 Å². The summed E-state index contributed by atoms with van der Waals surface area (Å²) in [5.74, 6) is -0.410. The van der Waals surface area contributed by atoms with Gasteiger partial charge in [-0.25, -0.2) is 0 Å². The molecule has 5 nitrogen and oxygen atoms in total. The smallest absolute Gasteiger partial charge is 0.264 e. The fraction of sp³-hybridized carbons (Fsp3) is 0.263. The van der Waals surface area contributed by atoms with Gasteiger partial charge in [0.1, 0.15) is 5.75 Å². The molecule has 1 N–H and O–H groups in total. The van der Waals surface area contributed by atoms with Crippen LogP contribution in [0.15, 0.2) is 46.9 Å². The number of amides is 1. The lowest BCUT2D eigenvalue weighted by molar-refractivity contribution is -0.135. The summed E-state index contributed by atoms with van der Waals surface area (Å²) < 4.78 is 5.95. The van der Waals surface area contributed by atoms with Crippen LogP contribution >= 0.6 is 15.9 Å². The predicted octanol–water partition coefficient (Wildman–Crippen LogP) is 3.28. The van der Waals surface area contributed by atoms with E-state index in [4.69, 9.17) is 4.74 Å². The van der Waals surface area contributed by atoms with Gasteiger partial charge in [-0.3, -0.25) is 9.59 Å². The van der Waals surface area contributed by atoms with E-state index in [-0.39, 0.29) is 12.2 Å². The molecule has 0 aliphatic carbocycles. The first kappa shape index (κ1) is 17.6. The lowest BCUT2D eigenvalue weighted by atomic mass is 9.88. The Morgan fingerprint density at radius 2 is 2.00 bits per heavy atom. The number of halogens is 1. The van der Waals surface area contributed by atoms with Crippen LogP contribution in [0, 0.1) is 0 Å². The number of aliphatic hydroxyl groups is 1. The van der Waals surface area contributed by atoms with Gasteiger partial charge in [0, 0.05) is 16.6 Å². The Morgan fingerprint density at radius 1 is 1.28 bits per heavy atom. The van der Waals surface area contributed by atoms with Crippen molar-refractivity contribution in [2.24, 2.45) is 0 Å². The second-order valence-corrected chi connectivity index (χ2v) is 6.79. The van der Waals surface area contributed by atoms with Crippen LogP contribution in [-0.4, -0.2) is 30.5 Å². The van der Waals surface area contributed by atoms with Crippen LogP contribution in [-0.2, 0) is 10.4 Å². The number of benzene rings is 2. The molecule has 2 aromatic carbocycles. The molecule has 0 bridgehead atoms. The number of hydrogen-bond acceptors (Lipinski definition) is 4. The van der Waals surface area contributed by atoms with Crippen molar-refractivity contribution in [3.05, 3.63) is 58.1 Å². The summed E-state index contributed by atoms with van der Waals surface area (Å²) in [5, 5.41) is 11.2. The fourth-order valence-electron chi connectivity index (χ4n) is 3.21. The molecule has 2 aromatic rings. The van der Waals surface area contributed by atoms with E-state index < -0.39 is 11.5 Å². The highest BCUT2D eigenvalue weighted by atomic mass is 79.9. The largest absolute Gasteiger partial charge is 0.496 e. The second-order valence-electron chi connectivity index (χ2n) is 5.87. The molecular formula is C19H18BrNO4. The molecule has 0 aromatic heterocycles. The van der Waals surface area contributed by atoms with Crippen molar-refractivity contribution >= 4 is 33.3 Å². The van der Waals surface area contributed by atoms with Gasteiger partial charge < -0.3 is 14.7 Å². The molecule has 1 atom stereocenters. The summed E-state index contributed by atoms with van der Waals surface area (Å²) in [4.78, 5) is 27.1. The number of anilines is 1. The number of hydrogen-bond donors (Lipinski definition) is 1. The SMILES string of the molecule is CCN1C(=O)C(O)(CC(=O)c2ccccc2OC)c2cc(Br)ccc21. The van der Waals surface area contributed by atoms with Gasteiger partial charge in [0.2, 0.25) is 0 Å². The van der Waals surface area contributed by atoms with E-state index in [9.17, 15) is 14.7 Å². The van der Waals surface area contributed by atoms with Crippen LogP contribution in [0.1, 0.15) is 29.3 Å². The number of para-hydroxylation sites is 1. The average molecular weight is 404 g/mol. The highest BCUT2D eigenvalue weighted by Gasteiger charge is 2.50. The lowest BCUT2D eigenvalue weighted by Crippen LogP contribution is -2.41. The van der Waals surface area contributed by atoms with Crippen molar-refractivity contribution in [3.8, 4) is 5.75 Å². The third-order valence-corrected chi connectivity index (χ3v) is 4.93. The fourth-order valence-corrected chi connectivity index (χ4v) is 3.57. The Kier molecular flexibility index (Phi) is 4.67. The Morgan fingerprint density at radius 3 is 2.68 bits per heavy atom. The molecule has 0 radical (unpaired) electrons. The number of rotatable bonds is 5. The molecular weight excluding hydrogens is 386 g/mol. The minimum atomic E-state index is -1.88. The van der Waals surface area contributed by atoms with Crippen molar-refractivity contribution in [3.63, 3.8) is 0 Å². The molecule has 1 unspecified atom stereocenters. The zero-order valence-corrected chi connectivity index (χ0v) is 15.5. The lowest BCUT2D eigenvalue weighted by Gasteiger charge is -2.22. The third-order valence-electron chi connectivity index (χ3n) is 4.43. The van der Waals surface area contributed by atoms with Crippen molar-refractivity contribution in [2.45, 2.75) is 18.9 Å². The Labute approximate surface area is 154 Å². The zero-order chi connectivity index (χ0) is 18.2. The van der Waals surface area contributed by atoms with Gasteiger partial charge in [-0.05, 0) is 37.3 Å². The number of methoxy groups -OCH3 is 1.